The van der Waals surface area contributed by atoms with E-state index in [2.05, 4.69) is 41.9 Å². The Morgan fingerprint density at radius 2 is 2.00 bits per heavy atom. The molecule has 3 rings (SSSR count). The maximum Gasteiger partial charge on any atom is 0.419 e. The molecule has 12 heteroatoms. The summed E-state index contributed by atoms with van der Waals surface area (Å²) in [5.41, 5.74) is -1.77. The van der Waals surface area contributed by atoms with Crippen LogP contribution in [0.3, 0.4) is 0 Å². The Labute approximate surface area is 181 Å². The molecule has 1 aromatic heterocycles. The molecule has 5 nitrogen and oxygen atoms in total. The smallest absolute Gasteiger partial charge is 0.419 e. The summed E-state index contributed by atoms with van der Waals surface area (Å²) in [5, 5.41) is 3.05. The third-order valence-electron chi connectivity index (χ3n) is 4.11. The molecule has 1 saturated heterocycles. The van der Waals surface area contributed by atoms with Gasteiger partial charge in [-0.25, -0.2) is 8.42 Å². The molecule has 28 heavy (non-hydrogen) atoms. The molecule has 0 amide bonds. The first-order chi connectivity index (χ1) is 12.9. The topological polar surface area (TPSA) is 67.4 Å². The van der Waals surface area contributed by atoms with Gasteiger partial charge >= 0.3 is 6.18 Å². The second-order valence-corrected chi connectivity index (χ2v) is 11.6. The molecule has 0 unspecified atom stereocenters. The van der Waals surface area contributed by atoms with Crippen molar-refractivity contribution in [1.82, 2.24) is 5.32 Å². The van der Waals surface area contributed by atoms with E-state index in [0.717, 1.165) is 29.5 Å². The lowest BCUT2D eigenvalue weighted by atomic mass is 10.1. The number of hydrogen-bond acceptors (Lipinski definition) is 5. The Hall–Kier alpha value is -0.820. The van der Waals surface area contributed by atoms with Crippen molar-refractivity contribution in [2.75, 3.05) is 17.8 Å². The van der Waals surface area contributed by atoms with E-state index in [9.17, 15) is 21.6 Å². The van der Waals surface area contributed by atoms with E-state index in [1.807, 2.05) is 0 Å². The van der Waals surface area contributed by atoms with Crippen LogP contribution in [-0.2, 0) is 16.2 Å². The van der Waals surface area contributed by atoms with Gasteiger partial charge in [0, 0.05) is 23.5 Å². The lowest BCUT2D eigenvalue weighted by Gasteiger charge is -2.27. The van der Waals surface area contributed by atoms with Crippen molar-refractivity contribution >= 4 is 58.9 Å². The van der Waals surface area contributed by atoms with Gasteiger partial charge in [-0.3, -0.25) is 4.72 Å². The zero-order valence-corrected chi connectivity index (χ0v) is 19.2. The van der Waals surface area contributed by atoms with Gasteiger partial charge in [-0.1, -0.05) is 0 Å². The Morgan fingerprint density at radius 1 is 1.29 bits per heavy atom. The summed E-state index contributed by atoms with van der Waals surface area (Å²) in [5.74, 6) is -0.410. The summed E-state index contributed by atoms with van der Waals surface area (Å²) in [7, 11) is -3.96. The molecular weight excluding hydrogens is 549 g/mol. The van der Waals surface area contributed by atoms with Gasteiger partial charge in [-0.2, -0.15) is 13.2 Å². The third kappa shape index (κ3) is 4.84. The van der Waals surface area contributed by atoms with Gasteiger partial charge < -0.3 is 10.1 Å². The number of alkyl halides is 3. The number of thiophene rings is 1. The molecule has 0 bridgehead atoms. The van der Waals surface area contributed by atoms with Gasteiger partial charge in [0.15, 0.2) is 0 Å². The highest BCUT2D eigenvalue weighted by atomic mass is 79.9. The highest BCUT2D eigenvalue weighted by Gasteiger charge is 2.38. The molecule has 2 heterocycles. The molecule has 0 saturated carbocycles. The fourth-order valence-electron chi connectivity index (χ4n) is 2.72. The van der Waals surface area contributed by atoms with Crippen LogP contribution in [0.15, 0.2) is 36.7 Å². The lowest BCUT2D eigenvalue weighted by Crippen LogP contribution is -2.35. The summed E-state index contributed by atoms with van der Waals surface area (Å²) in [6.45, 7) is 2.74. The number of ether oxygens (including phenoxy) is 1. The molecule has 0 radical (unpaired) electrons. The van der Waals surface area contributed by atoms with E-state index in [1.54, 1.807) is 6.92 Å². The predicted octanol–water partition coefficient (Wildman–Crippen LogP) is 5.22. The fraction of sp³-hybridized carbons (Fsp3) is 0.375. The third-order valence-corrected chi connectivity index (χ3v) is 9.22. The molecule has 0 spiro atoms. The molecule has 1 fully saturated rings. The first-order valence-corrected chi connectivity index (χ1v) is 11.9. The largest absolute Gasteiger partial charge is 0.485 e. The number of rotatable bonds is 5. The molecule has 2 aromatic rings. The van der Waals surface area contributed by atoms with E-state index < -0.39 is 33.1 Å². The van der Waals surface area contributed by atoms with Gasteiger partial charge in [-0.15, -0.1) is 11.3 Å². The molecule has 1 aliphatic rings. The monoisotopic (exact) mass is 562 g/mol. The number of sulfonamides is 1. The van der Waals surface area contributed by atoms with Crippen LogP contribution in [0.25, 0.3) is 0 Å². The van der Waals surface area contributed by atoms with Crippen LogP contribution in [0.5, 0.6) is 5.75 Å². The van der Waals surface area contributed by atoms with Crippen molar-refractivity contribution in [2.24, 2.45) is 0 Å². The minimum atomic E-state index is -4.63. The Morgan fingerprint density at radius 3 is 2.54 bits per heavy atom. The van der Waals surface area contributed by atoms with Crippen molar-refractivity contribution in [2.45, 2.75) is 29.3 Å². The van der Waals surface area contributed by atoms with Crippen molar-refractivity contribution < 1.29 is 26.3 Å². The minimum Gasteiger partial charge on any atom is -0.485 e. The molecular formula is C16H15Br2F3N2O3S2. The van der Waals surface area contributed by atoms with Crippen molar-refractivity contribution in [3.05, 3.63) is 38.1 Å². The van der Waals surface area contributed by atoms with Gasteiger partial charge in [-0.05, 0) is 63.5 Å². The number of nitrogens with one attached hydrogen (secondary N) is 2. The van der Waals surface area contributed by atoms with Crippen molar-refractivity contribution in [3.8, 4) is 5.75 Å². The summed E-state index contributed by atoms with van der Waals surface area (Å²) < 4.78 is 74.4. The maximum atomic E-state index is 13.4. The normalized spacial score (nSPS) is 20.4. The minimum absolute atomic E-state index is 0.0144. The Kier molecular flexibility index (Phi) is 6.08. The SMILES string of the molecule is C[C@@]1(Oc2cc(NS(=O)(=O)c3cc(Br)c(Br)s3)ccc2C(F)(F)F)CCNC1. The Balaban J connectivity index is 1.95. The number of hydrogen-bond donors (Lipinski definition) is 2. The van der Waals surface area contributed by atoms with Gasteiger partial charge in [0.2, 0.25) is 0 Å². The van der Waals surface area contributed by atoms with Crippen LogP contribution in [0.4, 0.5) is 18.9 Å². The average Bonchev–Trinajstić information content (AvgIpc) is 3.13. The van der Waals surface area contributed by atoms with Crippen LogP contribution < -0.4 is 14.8 Å². The standard InChI is InChI=1S/C16H15Br2F3N2O3S2/c1-15(4-5-22-8-15)26-12-6-9(2-3-10(12)16(19,20)21)23-28(24,25)13-7-11(17)14(18)27-13/h2-3,6-7,22-23H,4-5,8H2,1H3/t15-/m1/s1. The molecule has 2 N–H and O–H groups in total. The average molecular weight is 564 g/mol. The van der Waals surface area contributed by atoms with Crippen LogP contribution in [0.1, 0.15) is 18.9 Å². The van der Waals surface area contributed by atoms with Crippen molar-refractivity contribution in [3.63, 3.8) is 0 Å². The second kappa shape index (κ2) is 7.78. The number of benzene rings is 1. The Bertz CT molecular complexity index is 968. The summed E-state index contributed by atoms with van der Waals surface area (Å²) in [6, 6.07) is 4.37. The van der Waals surface area contributed by atoms with Gasteiger partial charge in [0.25, 0.3) is 10.0 Å². The van der Waals surface area contributed by atoms with Crippen LogP contribution in [0.2, 0.25) is 0 Å². The van der Waals surface area contributed by atoms with Gasteiger partial charge in [0.05, 0.1) is 15.0 Å². The number of anilines is 1. The quantitative estimate of drug-likeness (QED) is 0.523. The summed E-state index contributed by atoms with van der Waals surface area (Å²) in [4.78, 5) is 0. The van der Waals surface area contributed by atoms with E-state index in [4.69, 9.17) is 4.74 Å². The molecule has 1 aliphatic heterocycles. The predicted molar refractivity (Wildman–Crippen MR) is 108 cm³/mol. The number of halogens is 5. The van der Waals surface area contributed by atoms with E-state index in [1.165, 1.54) is 6.07 Å². The highest BCUT2D eigenvalue weighted by Crippen LogP contribution is 2.41. The molecule has 154 valence electrons. The van der Waals surface area contributed by atoms with E-state index in [-0.39, 0.29) is 9.90 Å². The lowest BCUT2D eigenvalue weighted by molar-refractivity contribution is -0.139. The van der Waals surface area contributed by atoms with E-state index in [0.29, 0.717) is 27.8 Å². The van der Waals surface area contributed by atoms with Crippen molar-refractivity contribution in [1.29, 1.82) is 0 Å². The maximum absolute atomic E-state index is 13.4. The van der Waals surface area contributed by atoms with E-state index >= 15 is 0 Å². The second-order valence-electron chi connectivity index (χ2n) is 6.48. The van der Waals surface area contributed by atoms with Crippen LogP contribution >= 0.6 is 43.2 Å². The molecule has 0 aliphatic carbocycles. The summed E-state index contributed by atoms with van der Waals surface area (Å²) >= 11 is 7.41. The molecule has 1 atom stereocenters. The highest BCUT2D eigenvalue weighted by molar-refractivity contribution is 9.13. The zero-order valence-electron chi connectivity index (χ0n) is 14.4. The van der Waals surface area contributed by atoms with Crippen LogP contribution in [-0.4, -0.2) is 27.1 Å². The summed E-state index contributed by atoms with van der Waals surface area (Å²) in [6.07, 6.45) is -4.09. The first-order valence-electron chi connectivity index (χ1n) is 7.98. The fourth-order valence-corrected chi connectivity index (χ4v) is 6.58. The zero-order chi connectivity index (χ0) is 20.7. The first kappa shape index (κ1) is 21.9. The molecule has 1 aromatic carbocycles. The van der Waals surface area contributed by atoms with Crippen LogP contribution in [0, 0.1) is 0 Å². The van der Waals surface area contributed by atoms with Gasteiger partial charge in [0.1, 0.15) is 15.6 Å².